The smallest absolute Gasteiger partial charge is 0.189 e. The molecule has 180 valence electrons. The number of allylic oxidation sites excluding steroid dienone is 1. The zero-order valence-corrected chi connectivity index (χ0v) is 22.4. The molecule has 5 heteroatoms. The van der Waals surface area contributed by atoms with E-state index < -0.39 is 8.07 Å². The summed E-state index contributed by atoms with van der Waals surface area (Å²) in [7, 11) is 0.594. The zero-order chi connectivity index (χ0) is 24.3. The van der Waals surface area contributed by atoms with Gasteiger partial charge in [0.15, 0.2) is 6.79 Å². The van der Waals surface area contributed by atoms with Crippen LogP contribution in [0.5, 0.6) is 17.2 Å². The third-order valence-corrected chi connectivity index (χ3v) is 6.81. The molecule has 2 rings (SSSR count). The highest BCUT2D eigenvalue weighted by Crippen LogP contribution is 2.26. The van der Waals surface area contributed by atoms with E-state index in [-0.39, 0.29) is 0 Å². The van der Waals surface area contributed by atoms with E-state index in [4.69, 9.17) is 18.9 Å². The molecular formula is C28H40O4Si. The summed E-state index contributed by atoms with van der Waals surface area (Å²) in [6.07, 6.45) is 7.13. The normalized spacial score (nSPS) is 11.5. The number of benzene rings is 2. The molecule has 0 aliphatic rings. The molecule has 0 radical (unpaired) electrons. The zero-order valence-electron chi connectivity index (χ0n) is 21.4. The molecule has 0 amide bonds. The van der Waals surface area contributed by atoms with E-state index in [2.05, 4.69) is 70.8 Å². The van der Waals surface area contributed by atoms with Crippen molar-refractivity contribution in [1.82, 2.24) is 0 Å². The molecule has 2 aromatic carbocycles. The van der Waals surface area contributed by atoms with Crippen LogP contribution in [0.15, 0.2) is 48.0 Å². The molecular weight excluding hydrogens is 428 g/mol. The molecule has 0 spiro atoms. The van der Waals surface area contributed by atoms with Gasteiger partial charge in [-0.1, -0.05) is 50.4 Å². The van der Waals surface area contributed by atoms with Gasteiger partial charge in [0.2, 0.25) is 0 Å². The Balaban J connectivity index is 2.04. The lowest BCUT2D eigenvalue weighted by Gasteiger charge is -2.16. The number of hydrogen-bond donors (Lipinski definition) is 0. The topological polar surface area (TPSA) is 36.9 Å². The van der Waals surface area contributed by atoms with Crippen LogP contribution in [0.4, 0.5) is 0 Å². The van der Waals surface area contributed by atoms with Crippen molar-refractivity contribution < 1.29 is 18.9 Å². The predicted molar refractivity (Wildman–Crippen MR) is 142 cm³/mol. The summed E-state index contributed by atoms with van der Waals surface area (Å²) < 4.78 is 22.9. The minimum absolute atomic E-state index is 0.298. The Morgan fingerprint density at radius 2 is 1.64 bits per heavy atom. The highest BCUT2D eigenvalue weighted by atomic mass is 28.3. The van der Waals surface area contributed by atoms with Crippen LogP contribution in [0.3, 0.4) is 0 Å². The van der Waals surface area contributed by atoms with Gasteiger partial charge in [0, 0.05) is 20.7 Å². The van der Waals surface area contributed by atoms with Crippen molar-refractivity contribution in [2.45, 2.75) is 52.9 Å². The van der Waals surface area contributed by atoms with E-state index in [1.807, 2.05) is 24.3 Å². The van der Waals surface area contributed by atoms with Crippen molar-refractivity contribution in [3.8, 4) is 17.2 Å². The molecule has 0 aromatic heterocycles. The number of rotatable bonds is 13. The van der Waals surface area contributed by atoms with Gasteiger partial charge in [0.1, 0.15) is 23.9 Å². The lowest BCUT2D eigenvalue weighted by atomic mass is 10.1. The van der Waals surface area contributed by atoms with Crippen molar-refractivity contribution >= 4 is 20.2 Å². The second kappa shape index (κ2) is 13.3. The van der Waals surface area contributed by atoms with Crippen LogP contribution >= 0.6 is 0 Å². The lowest BCUT2D eigenvalue weighted by molar-refractivity contribution is 0.0215. The van der Waals surface area contributed by atoms with Crippen LogP contribution in [0.25, 0.3) is 12.2 Å². The Morgan fingerprint density at radius 3 is 2.30 bits per heavy atom. The first-order chi connectivity index (χ1) is 15.7. The summed E-state index contributed by atoms with van der Waals surface area (Å²) in [6.45, 7) is 14.9. The number of hydrogen-bond acceptors (Lipinski definition) is 4. The molecule has 0 heterocycles. The Kier molecular flexibility index (Phi) is 10.8. The van der Waals surface area contributed by atoms with Crippen LogP contribution in [-0.2, 0) is 11.2 Å². The fourth-order valence-corrected chi connectivity index (χ4v) is 3.81. The van der Waals surface area contributed by atoms with Crippen molar-refractivity contribution in [2.75, 3.05) is 27.1 Å². The third kappa shape index (κ3) is 10.3. The summed E-state index contributed by atoms with van der Waals surface area (Å²) in [6, 6.07) is 13.3. The van der Waals surface area contributed by atoms with Crippen LogP contribution in [0, 0.1) is 0 Å². The van der Waals surface area contributed by atoms with Gasteiger partial charge in [-0.3, -0.25) is 0 Å². The maximum atomic E-state index is 5.89. The molecule has 2 aromatic rings. The molecule has 0 aliphatic carbocycles. The fraction of sp³-hybridized carbons (Fsp3) is 0.429. The number of ether oxygens (including phenoxy) is 4. The Morgan fingerprint density at radius 1 is 0.909 bits per heavy atom. The molecule has 0 saturated heterocycles. The van der Waals surface area contributed by atoms with E-state index in [1.54, 1.807) is 7.11 Å². The predicted octanol–water partition coefficient (Wildman–Crippen LogP) is 7.46. The van der Waals surface area contributed by atoms with Crippen LogP contribution in [0.1, 0.15) is 37.5 Å². The van der Waals surface area contributed by atoms with Crippen LogP contribution in [-0.4, -0.2) is 35.2 Å². The first-order valence-corrected chi connectivity index (χ1v) is 15.4. The van der Waals surface area contributed by atoms with E-state index in [1.165, 1.54) is 11.1 Å². The maximum absolute atomic E-state index is 5.89. The summed E-state index contributed by atoms with van der Waals surface area (Å²) in [5, 5.41) is 0. The lowest BCUT2D eigenvalue weighted by Crippen LogP contribution is -2.22. The van der Waals surface area contributed by atoms with E-state index in [9.17, 15) is 0 Å². The molecule has 0 bridgehead atoms. The van der Waals surface area contributed by atoms with Crippen LogP contribution in [0.2, 0.25) is 25.7 Å². The van der Waals surface area contributed by atoms with E-state index >= 15 is 0 Å². The highest BCUT2D eigenvalue weighted by molar-refractivity contribution is 6.76. The van der Waals surface area contributed by atoms with Gasteiger partial charge >= 0.3 is 0 Å². The quantitative estimate of drug-likeness (QED) is 0.100. The van der Waals surface area contributed by atoms with Crippen molar-refractivity contribution in [3.05, 3.63) is 64.7 Å². The van der Waals surface area contributed by atoms with Gasteiger partial charge in [-0.2, -0.15) is 0 Å². The standard InChI is InChI=1S/C28H40O4Si/c1-8-25-17-23(11-12-28(25)32-21-30-15-16-33(5,6)7)9-10-24-18-26(29-4)20-27(19-24)31-14-13-22(2)3/h9-13,17-20H,8,14-16,21H2,1-7H3. The van der Waals surface area contributed by atoms with E-state index in [0.29, 0.717) is 13.4 Å². The molecule has 0 aliphatic heterocycles. The average Bonchev–Trinajstić information content (AvgIpc) is 2.76. The SMILES string of the molecule is CCc1cc(C=Cc2cc(OC)cc(OCC=C(C)C)c2)ccc1OCOCC[Si](C)(C)C. The maximum Gasteiger partial charge on any atom is 0.189 e. The molecule has 4 nitrogen and oxygen atoms in total. The molecule has 0 saturated carbocycles. The van der Waals surface area contributed by atoms with Crippen molar-refractivity contribution in [3.63, 3.8) is 0 Å². The Labute approximate surface area is 201 Å². The second-order valence-corrected chi connectivity index (χ2v) is 15.2. The minimum Gasteiger partial charge on any atom is -0.497 e. The van der Waals surface area contributed by atoms with E-state index in [0.717, 1.165) is 47.4 Å². The van der Waals surface area contributed by atoms with Gasteiger partial charge in [-0.15, -0.1) is 0 Å². The molecule has 0 N–H and O–H groups in total. The van der Waals surface area contributed by atoms with Crippen molar-refractivity contribution in [1.29, 1.82) is 0 Å². The Hall–Kier alpha value is -2.50. The largest absolute Gasteiger partial charge is 0.497 e. The fourth-order valence-electron chi connectivity index (χ4n) is 3.05. The summed E-state index contributed by atoms with van der Waals surface area (Å²) in [5.74, 6) is 2.45. The number of aryl methyl sites for hydroxylation is 1. The first kappa shape index (κ1) is 26.7. The third-order valence-electron chi connectivity index (χ3n) is 5.11. The molecule has 0 unspecified atom stereocenters. The van der Waals surface area contributed by atoms with Crippen molar-refractivity contribution in [2.24, 2.45) is 0 Å². The van der Waals surface area contributed by atoms with Gasteiger partial charge in [-0.05, 0) is 73.3 Å². The molecule has 33 heavy (non-hydrogen) atoms. The molecule has 0 fully saturated rings. The van der Waals surface area contributed by atoms with Gasteiger partial charge in [0.25, 0.3) is 0 Å². The van der Waals surface area contributed by atoms with Gasteiger partial charge in [0.05, 0.1) is 7.11 Å². The van der Waals surface area contributed by atoms with Crippen LogP contribution < -0.4 is 14.2 Å². The second-order valence-electron chi connectivity index (χ2n) is 9.57. The minimum atomic E-state index is -1.08. The first-order valence-electron chi connectivity index (χ1n) is 11.7. The summed E-state index contributed by atoms with van der Waals surface area (Å²) in [5.41, 5.74) is 4.54. The van der Waals surface area contributed by atoms with Gasteiger partial charge < -0.3 is 18.9 Å². The average molecular weight is 469 g/mol. The summed E-state index contributed by atoms with van der Waals surface area (Å²) in [4.78, 5) is 0. The monoisotopic (exact) mass is 468 g/mol. The Bertz CT molecular complexity index is 937. The highest BCUT2D eigenvalue weighted by Gasteiger charge is 2.12. The number of methoxy groups -OCH3 is 1. The molecule has 0 atom stereocenters. The van der Waals surface area contributed by atoms with Gasteiger partial charge in [-0.25, -0.2) is 0 Å². The summed E-state index contributed by atoms with van der Waals surface area (Å²) >= 11 is 0.